The maximum Gasteiger partial charge on any atom is 0.358 e. The Bertz CT molecular complexity index is 444. The second-order valence-corrected chi connectivity index (χ2v) is 19.4. The van der Waals surface area contributed by atoms with Crippen LogP contribution in [0.5, 0.6) is 0 Å². The van der Waals surface area contributed by atoms with Crippen molar-refractivity contribution in [1.29, 1.82) is 0 Å². The van der Waals surface area contributed by atoms with E-state index < -0.39 is 16.6 Å². The molecule has 23 heavy (non-hydrogen) atoms. The lowest BCUT2D eigenvalue weighted by Gasteiger charge is -2.39. The lowest BCUT2D eigenvalue weighted by atomic mass is 10.2. The number of hydrogen-bond acceptors (Lipinski definition) is 4. The van der Waals surface area contributed by atoms with Crippen LogP contribution in [0.4, 0.5) is 0 Å². The van der Waals surface area contributed by atoms with Crippen molar-refractivity contribution in [3.05, 3.63) is 11.8 Å². The Balaban J connectivity index is 5.41. The van der Waals surface area contributed by atoms with E-state index in [1.54, 1.807) is 11.8 Å². The van der Waals surface area contributed by atoms with Crippen molar-refractivity contribution in [2.45, 2.75) is 77.8 Å². The van der Waals surface area contributed by atoms with Gasteiger partial charge in [-0.3, -0.25) is 0 Å². The van der Waals surface area contributed by atoms with E-state index >= 15 is 0 Å². The van der Waals surface area contributed by atoms with Crippen LogP contribution in [-0.2, 0) is 13.6 Å². The van der Waals surface area contributed by atoms with Crippen LogP contribution in [0.3, 0.4) is 0 Å². The van der Waals surface area contributed by atoms with Crippen LogP contribution in [0.1, 0.15) is 41.5 Å². The van der Waals surface area contributed by atoms with Crippen LogP contribution in [-0.4, -0.2) is 34.6 Å². The van der Waals surface area contributed by atoms with Crippen LogP contribution in [0.25, 0.3) is 0 Å². The highest BCUT2D eigenvalue weighted by Gasteiger charge is 2.44. The van der Waals surface area contributed by atoms with Gasteiger partial charge in [-0.05, 0) is 48.6 Å². The Morgan fingerprint density at radius 1 is 0.913 bits per heavy atom. The molecule has 0 aromatic carbocycles. The highest BCUT2D eigenvalue weighted by molar-refractivity contribution is 7.98. The van der Waals surface area contributed by atoms with E-state index in [-0.39, 0.29) is 16.0 Å². The molecule has 0 aliphatic heterocycles. The third kappa shape index (κ3) is 6.66. The SMILES string of the molecule is CSC/C=C(\O[Si](C)(C)C(C)(C)C)C(=O)O[Si](C)(C)C(C)(C)C. The maximum absolute atomic E-state index is 12.7. The largest absolute Gasteiger partial charge is 0.539 e. The van der Waals surface area contributed by atoms with E-state index in [0.29, 0.717) is 5.76 Å². The molecule has 0 aliphatic carbocycles. The zero-order valence-corrected chi connectivity index (χ0v) is 19.7. The number of rotatable bonds is 6. The minimum absolute atomic E-state index is 0.00967. The zero-order chi connectivity index (χ0) is 18.7. The van der Waals surface area contributed by atoms with Gasteiger partial charge in [0.1, 0.15) is 0 Å². The summed E-state index contributed by atoms with van der Waals surface area (Å²) in [6, 6.07) is 0. The fourth-order valence-corrected chi connectivity index (χ4v) is 3.40. The smallest absolute Gasteiger partial charge is 0.358 e. The molecule has 0 N–H and O–H groups in total. The maximum atomic E-state index is 12.7. The van der Waals surface area contributed by atoms with Crippen LogP contribution >= 0.6 is 11.8 Å². The molecule has 0 rings (SSSR count). The van der Waals surface area contributed by atoms with Crippen molar-refractivity contribution in [2.24, 2.45) is 0 Å². The Hall–Kier alpha value is -0.206. The van der Waals surface area contributed by atoms with Crippen LogP contribution in [0.15, 0.2) is 11.8 Å². The Morgan fingerprint density at radius 2 is 1.30 bits per heavy atom. The van der Waals surface area contributed by atoms with Crippen LogP contribution < -0.4 is 0 Å². The molecule has 0 heterocycles. The highest BCUT2D eigenvalue weighted by atomic mass is 32.2. The summed E-state index contributed by atoms with van der Waals surface area (Å²) in [5.41, 5.74) is 0. The molecular formula is C17H36O3SSi2. The summed E-state index contributed by atoms with van der Waals surface area (Å²) in [6.45, 7) is 21.4. The molecule has 0 aromatic rings. The minimum atomic E-state index is -2.15. The highest BCUT2D eigenvalue weighted by Crippen LogP contribution is 2.40. The molecule has 0 saturated carbocycles. The predicted octanol–water partition coefficient (Wildman–Crippen LogP) is 5.80. The summed E-state index contributed by atoms with van der Waals surface area (Å²) in [7, 11) is -4.22. The van der Waals surface area contributed by atoms with Crippen molar-refractivity contribution < 1.29 is 13.6 Å². The number of hydrogen-bond donors (Lipinski definition) is 0. The number of carbonyl (C=O) groups is 1. The monoisotopic (exact) mass is 376 g/mol. The minimum Gasteiger partial charge on any atom is -0.539 e. The Labute approximate surface area is 149 Å². The van der Waals surface area contributed by atoms with Crippen LogP contribution in [0, 0.1) is 0 Å². The number of carbonyl (C=O) groups excluding carboxylic acids is 1. The quantitative estimate of drug-likeness (QED) is 0.333. The summed E-state index contributed by atoms with van der Waals surface area (Å²) in [5, 5.41) is 0.0347. The second kappa shape index (κ2) is 7.78. The topological polar surface area (TPSA) is 35.5 Å². The fourth-order valence-electron chi connectivity index (χ4n) is 1.19. The van der Waals surface area contributed by atoms with Crippen molar-refractivity contribution in [3.8, 4) is 0 Å². The molecule has 0 spiro atoms. The molecule has 0 atom stereocenters. The van der Waals surface area contributed by atoms with Gasteiger partial charge >= 0.3 is 5.97 Å². The summed E-state index contributed by atoms with van der Waals surface area (Å²) in [6.07, 6.45) is 3.89. The number of thioether (sulfide) groups is 1. The summed E-state index contributed by atoms with van der Waals surface area (Å²) in [5.74, 6) is 0.850. The normalized spacial score (nSPS) is 14.7. The van der Waals surface area contributed by atoms with Gasteiger partial charge in [-0.2, -0.15) is 11.8 Å². The average Bonchev–Trinajstić information content (AvgIpc) is 2.30. The van der Waals surface area contributed by atoms with Gasteiger partial charge in [-0.25, -0.2) is 4.79 Å². The van der Waals surface area contributed by atoms with E-state index in [1.165, 1.54) is 0 Å². The van der Waals surface area contributed by atoms with E-state index in [1.807, 2.05) is 12.3 Å². The molecule has 0 saturated heterocycles. The summed E-state index contributed by atoms with van der Waals surface area (Å²) < 4.78 is 12.2. The summed E-state index contributed by atoms with van der Waals surface area (Å²) >= 11 is 1.67. The first-order valence-electron chi connectivity index (χ1n) is 8.16. The summed E-state index contributed by atoms with van der Waals surface area (Å²) in [4.78, 5) is 12.7. The van der Waals surface area contributed by atoms with Crippen molar-refractivity contribution in [2.75, 3.05) is 12.0 Å². The molecular weight excluding hydrogens is 340 g/mol. The molecule has 0 radical (unpaired) electrons. The third-order valence-corrected chi connectivity index (χ3v) is 14.1. The van der Waals surface area contributed by atoms with Gasteiger partial charge in [-0.15, -0.1) is 0 Å². The van der Waals surface area contributed by atoms with Gasteiger partial charge in [0.05, 0.1) is 0 Å². The molecule has 0 unspecified atom stereocenters. The van der Waals surface area contributed by atoms with Gasteiger partial charge in [0, 0.05) is 5.75 Å². The molecule has 0 fully saturated rings. The fraction of sp³-hybridized carbons (Fsp3) is 0.824. The molecule has 0 aromatic heterocycles. The van der Waals surface area contributed by atoms with E-state index in [0.717, 1.165) is 5.75 Å². The molecule has 0 bridgehead atoms. The lowest BCUT2D eigenvalue weighted by Crippen LogP contribution is -2.45. The van der Waals surface area contributed by atoms with Crippen molar-refractivity contribution in [3.63, 3.8) is 0 Å². The van der Waals surface area contributed by atoms with Crippen molar-refractivity contribution >= 4 is 34.4 Å². The van der Waals surface area contributed by atoms with E-state index in [4.69, 9.17) is 8.85 Å². The molecule has 3 nitrogen and oxygen atoms in total. The van der Waals surface area contributed by atoms with E-state index in [9.17, 15) is 4.79 Å². The van der Waals surface area contributed by atoms with Gasteiger partial charge < -0.3 is 8.85 Å². The average molecular weight is 377 g/mol. The molecule has 6 heteroatoms. The first kappa shape index (κ1) is 22.8. The first-order chi connectivity index (χ1) is 10.0. The Kier molecular flexibility index (Phi) is 7.71. The standard InChI is InChI=1S/C17H36O3SSi2/c1-16(2,3)22(8,9)19-14(12-13-21-7)15(18)20-23(10,11)17(4,5)6/h12H,13H2,1-11H3/b14-12-. The first-order valence-corrected chi connectivity index (χ1v) is 15.4. The van der Waals surface area contributed by atoms with Gasteiger partial charge in [0.2, 0.25) is 0 Å². The third-order valence-electron chi connectivity index (χ3n) is 4.96. The van der Waals surface area contributed by atoms with Gasteiger partial charge in [0.25, 0.3) is 16.6 Å². The lowest BCUT2D eigenvalue weighted by molar-refractivity contribution is -0.133. The van der Waals surface area contributed by atoms with Gasteiger partial charge in [0.15, 0.2) is 5.76 Å². The van der Waals surface area contributed by atoms with Gasteiger partial charge in [-0.1, -0.05) is 41.5 Å². The second-order valence-electron chi connectivity index (χ2n) is 9.04. The molecule has 0 aliphatic rings. The van der Waals surface area contributed by atoms with Crippen molar-refractivity contribution in [1.82, 2.24) is 0 Å². The predicted molar refractivity (Wildman–Crippen MR) is 108 cm³/mol. The molecule has 136 valence electrons. The zero-order valence-electron chi connectivity index (χ0n) is 16.9. The van der Waals surface area contributed by atoms with E-state index in [2.05, 4.69) is 67.7 Å². The molecule has 0 amide bonds. The van der Waals surface area contributed by atoms with Crippen LogP contribution in [0.2, 0.25) is 36.3 Å². The Morgan fingerprint density at radius 3 is 1.65 bits per heavy atom.